The largest absolute Gasteiger partial charge is 0.493 e. The molecule has 1 atom stereocenters. The Morgan fingerprint density at radius 3 is 2.50 bits per heavy atom. The van der Waals surface area contributed by atoms with Gasteiger partial charge in [0, 0.05) is 11.8 Å². The van der Waals surface area contributed by atoms with Crippen molar-refractivity contribution in [2.24, 2.45) is 0 Å². The molecule has 1 heterocycles. The number of rotatable bonds is 8. The Bertz CT molecular complexity index is 1130. The van der Waals surface area contributed by atoms with Crippen molar-refractivity contribution in [3.05, 3.63) is 64.6 Å². The molecule has 0 spiro atoms. The van der Waals surface area contributed by atoms with E-state index in [0.29, 0.717) is 11.1 Å². The molecule has 0 aliphatic carbocycles. The summed E-state index contributed by atoms with van der Waals surface area (Å²) >= 11 is 0. The molecule has 9 nitrogen and oxygen atoms in total. The zero-order chi connectivity index (χ0) is 21.7. The van der Waals surface area contributed by atoms with E-state index in [1.54, 1.807) is 36.4 Å². The molecule has 1 aromatic heterocycles. The number of ether oxygens (including phenoxy) is 2. The second kappa shape index (κ2) is 9.08. The highest BCUT2D eigenvalue weighted by Crippen LogP contribution is 2.32. The van der Waals surface area contributed by atoms with Crippen molar-refractivity contribution in [1.82, 2.24) is 15.1 Å². The molecule has 30 heavy (non-hydrogen) atoms. The lowest BCUT2D eigenvalue weighted by molar-refractivity contribution is -0.141. The third-order valence-electron chi connectivity index (χ3n) is 4.57. The number of amides is 1. The van der Waals surface area contributed by atoms with Crippen LogP contribution in [0, 0.1) is 0 Å². The van der Waals surface area contributed by atoms with Crippen molar-refractivity contribution >= 4 is 22.6 Å². The Hall–Kier alpha value is -3.88. The molecule has 2 N–H and O–H groups in total. The number of carbonyl (C=O) groups excluding carboxylic acids is 1. The maximum Gasteiger partial charge on any atom is 0.326 e. The second-order valence-corrected chi connectivity index (χ2v) is 6.52. The highest BCUT2D eigenvalue weighted by Gasteiger charge is 2.22. The molecular weight excluding hydrogens is 390 g/mol. The van der Waals surface area contributed by atoms with Crippen LogP contribution in [0.25, 0.3) is 10.8 Å². The van der Waals surface area contributed by atoms with E-state index in [1.807, 2.05) is 6.07 Å². The van der Waals surface area contributed by atoms with Gasteiger partial charge >= 0.3 is 5.97 Å². The van der Waals surface area contributed by atoms with Crippen molar-refractivity contribution in [3.63, 3.8) is 0 Å². The minimum absolute atomic E-state index is 0.118. The third kappa shape index (κ3) is 4.40. The van der Waals surface area contributed by atoms with E-state index >= 15 is 0 Å². The van der Waals surface area contributed by atoms with Crippen molar-refractivity contribution in [3.8, 4) is 11.5 Å². The first-order valence-electron chi connectivity index (χ1n) is 9.11. The Labute approximate surface area is 171 Å². The number of nitrogens with one attached hydrogen (secondary N) is 1. The van der Waals surface area contributed by atoms with E-state index < -0.39 is 30.0 Å². The molecule has 0 bridgehead atoms. The molecule has 9 heteroatoms. The summed E-state index contributed by atoms with van der Waals surface area (Å²) in [6.45, 7) is -0.437. The molecule has 3 aromatic rings. The monoisotopic (exact) mass is 411 g/mol. The molecule has 156 valence electrons. The SMILES string of the molecule is COc1ccc2cnn(CC(=O)NC(Cc3ccccc3)C(=O)O)c(=O)c2c1OC. The lowest BCUT2D eigenvalue weighted by atomic mass is 10.1. The number of benzene rings is 2. The minimum Gasteiger partial charge on any atom is -0.493 e. The zero-order valence-corrected chi connectivity index (χ0v) is 16.5. The number of methoxy groups -OCH3 is 2. The van der Waals surface area contributed by atoms with Crippen LogP contribution in [0.4, 0.5) is 0 Å². The summed E-state index contributed by atoms with van der Waals surface area (Å²) in [6.07, 6.45) is 1.55. The van der Waals surface area contributed by atoms with Gasteiger partial charge in [-0.05, 0) is 17.7 Å². The van der Waals surface area contributed by atoms with Crippen molar-refractivity contribution in [2.45, 2.75) is 19.0 Å². The number of carboxylic acid groups (broad SMARTS) is 1. The summed E-state index contributed by atoms with van der Waals surface area (Å²) in [4.78, 5) is 36.9. The highest BCUT2D eigenvalue weighted by atomic mass is 16.5. The molecular formula is C21H21N3O6. The fraction of sp³-hybridized carbons (Fsp3) is 0.238. The number of carbonyl (C=O) groups is 2. The van der Waals surface area contributed by atoms with Crippen LogP contribution in [-0.4, -0.2) is 47.0 Å². The molecule has 0 saturated heterocycles. The minimum atomic E-state index is -1.17. The average Bonchev–Trinajstić information content (AvgIpc) is 2.75. The van der Waals surface area contributed by atoms with Crippen LogP contribution in [-0.2, 0) is 22.6 Å². The summed E-state index contributed by atoms with van der Waals surface area (Å²) < 4.78 is 11.5. The number of aliphatic carboxylic acids is 1. The first-order chi connectivity index (χ1) is 14.4. The number of nitrogens with zero attached hydrogens (tertiary/aromatic N) is 2. The smallest absolute Gasteiger partial charge is 0.326 e. The molecule has 0 radical (unpaired) electrons. The molecule has 1 amide bonds. The third-order valence-corrected chi connectivity index (χ3v) is 4.57. The first-order valence-corrected chi connectivity index (χ1v) is 9.11. The Morgan fingerprint density at radius 1 is 1.13 bits per heavy atom. The second-order valence-electron chi connectivity index (χ2n) is 6.52. The Morgan fingerprint density at radius 2 is 1.87 bits per heavy atom. The van der Waals surface area contributed by atoms with Gasteiger partial charge in [-0.2, -0.15) is 5.10 Å². The molecule has 3 rings (SSSR count). The summed E-state index contributed by atoms with van der Waals surface area (Å²) in [5.41, 5.74) is 0.219. The Kier molecular flexibility index (Phi) is 6.31. The predicted octanol–water partition coefficient (Wildman–Crippen LogP) is 1.23. The van der Waals surface area contributed by atoms with E-state index in [9.17, 15) is 19.5 Å². The fourth-order valence-electron chi connectivity index (χ4n) is 3.12. The average molecular weight is 411 g/mol. The van der Waals surface area contributed by atoms with Gasteiger partial charge in [-0.15, -0.1) is 0 Å². The van der Waals surface area contributed by atoms with E-state index in [0.717, 1.165) is 10.2 Å². The van der Waals surface area contributed by atoms with Crippen LogP contribution in [0.15, 0.2) is 53.5 Å². The highest BCUT2D eigenvalue weighted by molar-refractivity contribution is 5.89. The molecule has 1 unspecified atom stereocenters. The molecule has 0 fully saturated rings. The van der Waals surface area contributed by atoms with E-state index in [-0.39, 0.29) is 17.6 Å². The first kappa shape index (κ1) is 20.8. The van der Waals surface area contributed by atoms with Crippen LogP contribution >= 0.6 is 0 Å². The standard InChI is InChI=1S/C21H21N3O6/c1-29-16-9-8-14-11-22-24(20(26)18(14)19(16)30-2)12-17(25)23-15(21(27)28)10-13-6-4-3-5-7-13/h3-9,11,15H,10,12H2,1-2H3,(H,23,25)(H,27,28). The van der Waals surface area contributed by atoms with Gasteiger partial charge in [0.2, 0.25) is 5.91 Å². The summed E-state index contributed by atoms with van der Waals surface area (Å²) in [6, 6.07) is 11.1. The quantitative estimate of drug-likeness (QED) is 0.572. The maximum absolute atomic E-state index is 12.9. The van der Waals surface area contributed by atoms with Gasteiger partial charge in [-0.25, -0.2) is 9.48 Å². The maximum atomic E-state index is 12.9. The lowest BCUT2D eigenvalue weighted by Crippen LogP contribution is -2.44. The van der Waals surface area contributed by atoms with Crippen LogP contribution in [0.1, 0.15) is 5.56 Å². The van der Waals surface area contributed by atoms with E-state index in [2.05, 4.69) is 10.4 Å². The number of hydrogen-bond acceptors (Lipinski definition) is 6. The number of carboxylic acids is 1. The van der Waals surface area contributed by atoms with Crippen molar-refractivity contribution in [1.29, 1.82) is 0 Å². The summed E-state index contributed by atoms with van der Waals surface area (Å²) in [7, 11) is 2.87. The van der Waals surface area contributed by atoms with E-state index in [4.69, 9.17) is 9.47 Å². The van der Waals surface area contributed by atoms with E-state index in [1.165, 1.54) is 20.4 Å². The summed E-state index contributed by atoms with van der Waals surface area (Å²) in [5.74, 6) is -1.20. The fourth-order valence-corrected chi connectivity index (χ4v) is 3.12. The Balaban J connectivity index is 1.84. The molecule has 0 aliphatic heterocycles. The van der Waals surface area contributed by atoms with Crippen LogP contribution < -0.4 is 20.3 Å². The van der Waals surface area contributed by atoms with Gasteiger partial charge in [0.05, 0.1) is 25.8 Å². The van der Waals surface area contributed by atoms with Gasteiger partial charge in [-0.1, -0.05) is 30.3 Å². The predicted molar refractivity (Wildman–Crippen MR) is 109 cm³/mol. The summed E-state index contributed by atoms with van der Waals surface area (Å²) in [5, 5.41) is 16.7. The molecule has 0 saturated carbocycles. The number of fused-ring (bicyclic) bond motifs is 1. The van der Waals surface area contributed by atoms with Crippen molar-refractivity contribution < 1.29 is 24.2 Å². The molecule has 0 aliphatic rings. The molecule has 2 aromatic carbocycles. The zero-order valence-electron chi connectivity index (χ0n) is 16.5. The van der Waals surface area contributed by atoms with Crippen LogP contribution in [0.5, 0.6) is 11.5 Å². The van der Waals surface area contributed by atoms with Gasteiger partial charge in [0.15, 0.2) is 11.5 Å². The van der Waals surface area contributed by atoms with Gasteiger partial charge in [0.25, 0.3) is 5.56 Å². The lowest BCUT2D eigenvalue weighted by Gasteiger charge is -2.15. The number of hydrogen-bond donors (Lipinski definition) is 2. The normalized spacial score (nSPS) is 11.7. The van der Waals surface area contributed by atoms with Crippen LogP contribution in [0.3, 0.4) is 0 Å². The van der Waals surface area contributed by atoms with Crippen LogP contribution in [0.2, 0.25) is 0 Å². The van der Waals surface area contributed by atoms with Gasteiger partial charge in [0.1, 0.15) is 12.6 Å². The number of aromatic nitrogens is 2. The van der Waals surface area contributed by atoms with Gasteiger partial charge < -0.3 is 19.9 Å². The topological polar surface area (TPSA) is 120 Å². The van der Waals surface area contributed by atoms with Crippen molar-refractivity contribution in [2.75, 3.05) is 14.2 Å². The van der Waals surface area contributed by atoms with Gasteiger partial charge in [-0.3, -0.25) is 9.59 Å².